The van der Waals surface area contributed by atoms with Crippen LogP contribution in [0.15, 0.2) is 66.7 Å². The number of hydrogen-bond donors (Lipinski definition) is 0. The van der Waals surface area contributed by atoms with Crippen molar-refractivity contribution in [1.82, 2.24) is 0 Å². The van der Waals surface area contributed by atoms with E-state index in [0.29, 0.717) is 11.8 Å². The number of para-hydroxylation sites is 1. The zero-order chi connectivity index (χ0) is 19.9. The molecule has 0 spiro atoms. The fourth-order valence-electron chi connectivity index (χ4n) is 4.13. The van der Waals surface area contributed by atoms with Crippen LogP contribution < -0.4 is 4.74 Å². The summed E-state index contributed by atoms with van der Waals surface area (Å²) in [5.74, 6) is 2.82. The molecule has 1 aliphatic heterocycles. The zero-order valence-electron chi connectivity index (χ0n) is 17.6. The molecule has 4 rings (SSSR count). The second kappa shape index (κ2) is 7.13. The van der Waals surface area contributed by atoms with Gasteiger partial charge in [0, 0.05) is 17.0 Å². The topological polar surface area (TPSA) is 9.23 Å². The largest absolute Gasteiger partial charge is 0.457 e. The Morgan fingerprint density at radius 3 is 2.25 bits per heavy atom. The number of hydrogen-bond acceptors (Lipinski definition) is 1. The Morgan fingerprint density at radius 2 is 1.54 bits per heavy atom. The highest BCUT2D eigenvalue weighted by molar-refractivity contribution is 5.54. The molecule has 0 radical (unpaired) electrons. The monoisotopic (exact) mass is 370 g/mol. The molecule has 0 fully saturated rings. The summed E-state index contributed by atoms with van der Waals surface area (Å²) in [7, 11) is 0. The van der Waals surface area contributed by atoms with E-state index < -0.39 is 0 Å². The molecule has 1 heterocycles. The molecule has 3 aromatic rings. The lowest BCUT2D eigenvalue weighted by Crippen LogP contribution is -2.11. The van der Waals surface area contributed by atoms with Gasteiger partial charge in [0.2, 0.25) is 0 Å². The van der Waals surface area contributed by atoms with Gasteiger partial charge in [-0.2, -0.15) is 0 Å². The van der Waals surface area contributed by atoms with Crippen molar-refractivity contribution in [2.24, 2.45) is 0 Å². The van der Waals surface area contributed by atoms with Crippen LogP contribution in [0.3, 0.4) is 0 Å². The van der Waals surface area contributed by atoms with E-state index in [9.17, 15) is 0 Å². The molecule has 28 heavy (non-hydrogen) atoms. The van der Waals surface area contributed by atoms with Crippen molar-refractivity contribution in [1.29, 1.82) is 0 Å². The van der Waals surface area contributed by atoms with Crippen LogP contribution in [0.4, 0.5) is 0 Å². The number of fused-ring (bicyclic) bond motifs is 2. The van der Waals surface area contributed by atoms with Gasteiger partial charge < -0.3 is 4.74 Å². The van der Waals surface area contributed by atoms with E-state index in [4.69, 9.17) is 4.74 Å². The van der Waals surface area contributed by atoms with Gasteiger partial charge in [-0.1, -0.05) is 89.2 Å². The molecule has 0 N–H and O–H groups in total. The van der Waals surface area contributed by atoms with Crippen molar-refractivity contribution < 1.29 is 4.74 Å². The number of rotatable bonds is 3. The van der Waals surface area contributed by atoms with E-state index in [0.717, 1.165) is 17.9 Å². The third-order valence-corrected chi connectivity index (χ3v) is 6.04. The smallest absolute Gasteiger partial charge is 0.131 e. The summed E-state index contributed by atoms with van der Waals surface area (Å²) in [6.07, 6.45) is 1.04. The second-order valence-corrected chi connectivity index (χ2v) is 9.21. The van der Waals surface area contributed by atoms with Gasteiger partial charge in [-0.25, -0.2) is 0 Å². The third kappa shape index (κ3) is 3.58. The van der Waals surface area contributed by atoms with Crippen molar-refractivity contribution in [2.75, 3.05) is 0 Å². The molecule has 0 aromatic heterocycles. The molecule has 1 nitrogen and oxygen atoms in total. The summed E-state index contributed by atoms with van der Waals surface area (Å²) >= 11 is 0. The van der Waals surface area contributed by atoms with Gasteiger partial charge in [0.15, 0.2) is 0 Å². The van der Waals surface area contributed by atoms with Crippen LogP contribution in [0.5, 0.6) is 11.5 Å². The highest BCUT2D eigenvalue weighted by Gasteiger charge is 2.24. The molecule has 2 atom stereocenters. The fraction of sp³-hybridized carbons (Fsp3) is 0.333. The zero-order valence-corrected chi connectivity index (χ0v) is 17.6. The highest BCUT2D eigenvalue weighted by atomic mass is 16.5. The number of ether oxygens (including phenoxy) is 1. The predicted octanol–water partition coefficient (Wildman–Crippen LogP) is 7.59. The minimum atomic E-state index is 0.201. The van der Waals surface area contributed by atoms with Crippen LogP contribution in [0, 0.1) is 0 Å². The first-order chi connectivity index (χ1) is 13.3. The SMILES string of the molecule is CC(Cc1ccc(C(C)(C)C)cc1)c1ccc2c(c1)Oc1ccccc1C2C. The molecule has 144 valence electrons. The summed E-state index contributed by atoms with van der Waals surface area (Å²) in [6.45, 7) is 11.4. The van der Waals surface area contributed by atoms with Gasteiger partial charge in [0.1, 0.15) is 11.5 Å². The Balaban J connectivity index is 1.54. The molecule has 0 bridgehead atoms. The summed E-state index contributed by atoms with van der Waals surface area (Å²) in [5, 5.41) is 0. The van der Waals surface area contributed by atoms with Crippen molar-refractivity contribution >= 4 is 0 Å². The van der Waals surface area contributed by atoms with Crippen molar-refractivity contribution in [3.63, 3.8) is 0 Å². The van der Waals surface area contributed by atoms with Gasteiger partial charge in [0.05, 0.1) is 0 Å². The Kier molecular flexibility index (Phi) is 4.79. The van der Waals surface area contributed by atoms with Gasteiger partial charge in [-0.05, 0) is 46.6 Å². The summed E-state index contributed by atoms with van der Waals surface area (Å²) < 4.78 is 6.24. The molecule has 0 saturated heterocycles. The van der Waals surface area contributed by atoms with E-state index in [2.05, 4.69) is 95.3 Å². The van der Waals surface area contributed by atoms with Crippen LogP contribution >= 0.6 is 0 Å². The third-order valence-electron chi connectivity index (χ3n) is 6.04. The van der Waals surface area contributed by atoms with Gasteiger partial charge >= 0.3 is 0 Å². The Morgan fingerprint density at radius 1 is 0.857 bits per heavy atom. The van der Waals surface area contributed by atoms with Crippen molar-refractivity contribution in [2.45, 2.75) is 58.3 Å². The second-order valence-electron chi connectivity index (χ2n) is 9.21. The van der Waals surface area contributed by atoms with E-state index in [1.54, 1.807) is 0 Å². The minimum Gasteiger partial charge on any atom is -0.457 e. The van der Waals surface area contributed by atoms with Crippen LogP contribution in [0.1, 0.15) is 74.3 Å². The molecule has 0 aliphatic carbocycles. The average Bonchev–Trinajstić information content (AvgIpc) is 2.67. The maximum atomic E-state index is 6.24. The molecule has 3 aromatic carbocycles. The molecular formula is C27H30O. The highest BCUT2D eigenvalue weighted by Crippen LogP contribution is 2.44. The van der Waals surface area contributed by atoms with Crippen LogP contribution in [0.2, 0.25) is 0 Å². The Bertz CT molecular complexity index is 976. The van der Waals surface area contributed by atoms with Gasteiger partial charge in [-0.15, -0.1) is 0 Å². The maximum absolute atomic E-state index is 6.24. The standard InChI is InChI=1S/C27H30O/c1-18(16-20-10-13-22(14-11-20)27(3,4)5)21-12-15-24-19(2)23-8-6-7-9-25(23)28-26(24)17-21/h6-15,17-19H,16H2,1-5H3. The van der Waals surface area contributed by atoms with E-state index in [1.807, 2.05) is 6.07 Å². The molecule has 0 amide bonds. The van der Waals surface area contributed by atoms with E-state index in [1.165, 1.54) is 27.8 Å². The normalized spacial score (nSPS) is 16.7. The Labute approximate surface area is 169 Å². The van der Waals surface area contributed by atoms with E-state index >= 15 is 0 Å². The maximum Gasteiger partial charge on any atom is 0.131 e. The first-order valence-electron chi connectivity index (χ1n) is 10.3. The minimum absolute atomic E-state index is 0.201. The first-order valence-corrected chi connectivity index (χ1v) is 10.3. The lowest BCUT2D eigenvalue weighted by Gasteiger charge is -2.27. The molecule has 1 aliphatic rings. The molecule has 2 unspecified atom stereocenters. The predicted molar refractivity (Wildman–Crippen MR) is 118 cm³/mol. The van der Waals surface area contributed by atoms with Crippen LogP contribution in [-0.2, 0) is 11.8 Å². The molecular weight excluding hydrogens is 340 g/mol. The first kappa shape index (κ1) is 18.8. The Hall–Kier alpha value is -2.54. The van der Waals surface area contributed by atoms with Crippen LogP contribution in [-0.4, -0.2) is 0 Å². The summed E-state index contributed by atoms with van der Waals surface area (Å²) in [5.41, 5.74) is 6.87. The average molecular weight is 371 g/mol. The quantitative estimate of drug-likeness (QED) is 0.461. The summed E-state index contributed by atoms with van der Waals surface area (Å²) in [6, 6.07) is 24.3. The van der Waals surface area contributed by atoms with Crippen molar-refractivity contribution in [3.8, 4) is 11.5 Å². The van der Waals surface area contributed by atoms with E-state index in [-0.39, 0.29) is 5.41 Å². The van der Waals surface area contributed by atoms with Crippen LogP contribution in [0.25, 0.3) is 0 Å². The fourth-order valence-corrected chi connectivity index (χ4v) is 4.13. The molecule has 1 heteroatoms. The van der Waals surface area contributed by atoms with Gasteiger partial charge in [-0.3, -0.25) is 0 Å². The summed E-state index contributed by atoms with van der Waals surface area (Å²) in [4.78, 5) is 0. The molecule has 0 saturated carbocycles. The van der Waals surface area contributed by atoms with Crippen molar-refractivity contribution in [3.05, 3.63) is 94.5 Å². The number of benzene rings is 3. The van der Waals surface area contributed by atoms with Gasteiger partial charge in [0.25, 0.3) is 0 Å². The lowest BCUT2D eigenvalue weighted by molar-refractivity contribution is 0.448. The lowest BCUT2D eigenvalue weighted by atomic mass is 9.85.